The second-order valence-corrected chi connectivity index (χ2v) is 10.6. The van der Waals surface area contributed by atoms with Gasteiger partial charge in [-0.2, -0.15) is 9.36 Å². The molecule has 3 aliphatic rings. The number of nitrogens with one attached hydrogen (secondary N) is 1. The first-order valence-corrected chi connectivity index (χ1v) is 13.5. The number of pyridine rings is 1. The van der Waals surface area contributed by atoms with Crippen LogP contribution in [-0.2, 0) is 32.4 Å². The van der Waals surface area contributed by atoms with Crippen molar-refractivity contribution in [3.8, 4) is 0 Å². The quantitative estimate of drug-likeness (QED) is 0.105. The molecular weight excluding hydrogens is 534 g/mol. The Labute approximate surface area is 224 Å². The first kappa shape index (κ1) is 25.8. The number of hydrogen-bond acceptors (Lipinski definition) is 11. The highest BCUT2D eigenvalue weighted by Crippen LogP contribution is 2.40. The number of thioether (sulfide) groups is 1. The van der Waals surface area contributed by atoms with Gasteiger partial charge in [-0.15, -0.1) is 11.8 Å². The Kier molecular flexibility index (Phi) is 7.40. The highest BCUT2D eigenvalue weighted by atomic mass is 32.2. The third-order valence-corrected chi connectivity index (χ3v) is 8.05. The number of carboxylic acids is 1. The van der Waals surface area contributed by atoms with Crippen LogP contribution in [0, 0.1) is 0 Å². The maximum Gasteiger partial charge on any atom is 0.352 e. The number of amides is 2. The Morgan fingerprint density at radius 1 is 1.34 bits per heavy atom. The SMILES string of the molecule is Nc1nc(C(=NOC2C=CCC2)C(=O)NC2C(=O)N3C(C(=O)O)=C(C[n+]4ccc(CO)cc4)CS[C@H]23)ns1. The molecule has 1 fully saturated rings. The zero-order valence-corrected chi connectivity index (χ0v) is 21.5. The average molecular weight is 559 g/mol. The molecule has 0 bridgehead atoms. The van der Waals surface area contributed by atoms with E-state index in [4.69, 9.17) is 10.6 Å². The minimum absolute atomic E-state index is 0.0236. The number of nitrogen functional groups attached to an aromatic ring is 1. The van der Waals surface area contributed by atoms with Crippen LogP contribution in [0.4, 0.5) is 5.13 Å². The molecule has 2 amide bonds. The van der Waals surface area contributed by atoms with Crippen LogP contribution >= 0.6 is 23.3 Å². The molecule has 2 aromatic rings. The van der Waals surface area contributed by atoms with Crippen LogP contribution in [0.15, 0.2) is 53.1 Å². The number of β-lactam (4-membered cyclic amide) rings is 1. The lowest BCUT2D eigenvalue weighted by Gasteiger charge is -2.49. The van der Waals surface area contributed by atoms with E-state index in [2.05, 4.69) is 19.8 Å². The predicted molar refractivity (Wildman–Crippen MR) is 136 cm³/mol. The monoisotopic (exact) mass is 558 g/mol. The normalized spacial score (nSPS) is 22.8. The molecule has 3 atom stereocenters. The molecule has 13 nitrogen and oxygen atoms in total. The molecule has 15 heteroatoms. The van der Waals surface area contributed by atoms with Crippen molar-refractivity contribution in [2.45, 2.75) is 43.5 Å². The summed E-state index contributed by atoms with van der Waals surface area (Å²) in [5.41, 5.74) is 6.65. The van der Waals surface area contributed by atoms with Crippen LogP contribution in [0.2, 0.25) is 0 Å². The van der Waals surface area contributed by atoms with Crippen molar-refractivity contribution in [2.24, 2.45) is 5.16 Å². The summed E-state index contributed by atoms with van der Waals surface area (Å²) in [5.74, 6) is -2.17. The third kappa shape index (κ3) is 5.12. The first-order valence-electron chi connectivity index (χ1n) is 11.7. The number of carboxylic acid groups (broad SMARTS) is 1. The summed E-state index contributed by atoms with van der Waals surface area (Å²) >= 11 is 2.25. The van der Waals surface area contributed by atoms with Crippen LogP contribution in [0.3, 0.4) is 0 Å². The number of aromatic nitrogens is 3. The zero-order valence-electron chi connectivity index (χ0n) is 19.9. The Morgan fingerprint density at radius 3 is 2.76 bits per heavy atom. The summed E-state index contributed by atoms with van der Waals surface area (Å²) < 4.78 is 5.82. The van der Waals surface area contributed by atoms with Gasteiger partial charge in [0.05, 0.1) is 6.61 Å². The van der Waals surface area contributed by atoms with Crippen LogP contribution in [-0.4, -0.2) is 71.2 Å². The van der Waals surface area contributed by atoms with E-state index in [0.717, 1.165) is 29.9 Å². The van der Waals surface area contributed by atoms with Gasteiger partial charge in [-0.05, 0) is 24.5 Å². The van der Waals surface area contributed by atoms with E-state index in [1.54, 1.807) is 29.1 Å². The van der Waals surface area contributed by atoms with Gasteiger partial charge < -0.3 is 26.1 Å². The zero-order chi connectivity index (χ0) is 26.8. The van der Waals surface area contributed by atoms with Gasteiger partial charge in [0.15, 0.2) is 24.1 Å². The molecule has 1 saturated heterocycles. The van der Waals surface area contributed by atoms with Gasteiger partial charge in [-0.25, -0.2) is 9.36 Å². The molecule has 0 aromatic carbocycles. The largest absolute Gasteiger partial charge is 0.477 e. The van der Waals surface area contributed by atoms with Crippen molar-refractivity contribution in [3.63, 3.8) is 0 Å². The van der Waals surface area contributed by atoms with Crippen molar-refractivity contribution in [1.29, 1.82) is 0 Å². The number of hydrogen-bond donors (Lipinski definition) is 4. The van der Waals surface area contributed by atoms with Crippen molar-refractivity contribution in [2.75, 3.05) is 11.5 Å². The van der Waals surface area contributed by atoms with E-state index < -0.39 is 29.2 Å². The smallest absolute Gasteiger partial charge is 0.352 e. The molecule has 1 aliphatic carbocycles. The number of aliphatic hydroxyl groups is 1. The summed E-state index contributed by atoms with van der Waals surface area (Å²) in [4.78, 5) is 49.1. The maximum atomic E-state index is 13.2. The lowest BCUT2D eigenvalue weighted by molar-refractivity contribution is -0.689. The fourth-order valence-electron chi connectivity index (χ4n) is 4.26. The van der Waals surface area contributed by atoms with Crippen molar-refractivity contribution in [1.82, 2.24) is 19.6 Å². The Hall–Kier alpha value is -3.82. The minimum Gasteiger partial charge on any atom is -0.477 e. The maximum absolute atomic E-state index is 13.2. The fraction of sp³-hybridized carbons (Fsp3) is 0.348. The molecule has 198 valence electrons. The number of allylic oxidation sites excluding steroid dienone is 1. The van der Waals surface area contributed by atoms with Crippen LogP contribution in [0.5, 0.6) is 0 Å². The Balaban J connectivity index is 1.33. The second-order valence-electron chi connectivity index (χ2n) is 8.70. The van der Waals surface area contributed by atoms with E-state index >= 15 is 0 Å². The van der Waals surface area contributed by atoms with Gasteiger partial charge in [0.25, 0.3) is 11.8 Å². The molecule has 38 heavy (non-hydrogen) atoms. The highest BCUT2D eigenvalue weighted by molar-refractivity contribution is 8.00. The average Bonchev–Trinajstić information content (AvgIpc) is 3.59. The third-order valence-electron chi connectivity index (χ3n) is 6.17. The van der Waals surface area contributed by atoms with Gasteiger partial charge >= 0.3 is 5.97 Å². The molecule has 0 radical (unpaired) electrons. The van der Waals surface area contributed by atoms with Gasteiger partial charge in [0.2, 0.25) is 11.5 Å². The summed E-state index contributed by atoms with van der Waals surface area (Å²) in [7, 11) is 0. The van der Waals surface area contributed by atoms with Gasteiger partial charge in [0, 0.05) is 35.0 Å². The van der Waals surface area contributed by atoms with Gasteiger partial charge in [0.1, 0.15) is 23.2 Å². The minimum atomic E-state index is -1.22. The molecule has 2 unspecified atom stereocenters. The van der Waals surface area contributed by atoms with Crippen LogP contribution < -0.4 is 15.6 Å². The summed E-state index contributed by atoms with van der Waals surface area (Å²) in [6, 6.07) is 2.50. The van der Waals surface area contributed by atoms with E-state index in [9.17, 15) is 24.6 Å². The van der Waals surface area contributed by atoms with E-state index in [-0.39, 0.29) is 41.6 Å². The Morgan fingerprint density at radius 2 is 2.13 bits per heavy atom. The van der Waals surface area contributed by atoms with Crippen molar-refractivity contribution in [3.05, 3.63) is 59.3 Å². The second kappa shape index (κ2) is 10.9. The standard InChI is InChI=1S/C23H23N7O6S2/c24-23-26-18(28-38-23)15(27-36-14-3-1-2-4-14)19(32)25-16-20(33)30-17(22(34)35)13(11-37-21(16)30)9-29-7-5-12(10-31)6-8-29/h1,3,5-8,14,16,21,31H,2,4,9-11H2,(H3-,24,25,26,28,32,34,35)/p+1/t14?,16?,21-/m1/s1. The molecule has 0 saturated carbocycles. The van der Waals surface area contributed by atoms with E-state index in [0.29, 0.717) is 11.3 Å². The molecule has 0 spiro atoms. The summed E-state index contributed by atoms with van der Waals surface area (Å²) in [6.07, 6.45) is 8.52. The van der Waals surface area contributed by atoms with Gasteiger partial charge in [-0.1, -0.05) is 11.2 Å². The molecule has 4 heterocycles. The highest BCUT2D eigenvalue weighted by Gasteiger charge is 2.55. The molecule has 2 aliphatic heterocycles. The fourth-order valence-corrected chi connectivity index (χ4v) is 6.03. The van der Waals surface area contributed by atoms with Crippen molar-refractivity contribution < 1.29 is 34.0 Å². The van der Waals surface area contributed by atoms with Crippen LogP contribution in [0.1, 0.15) is 24.2 Å². The van der Waals surface area contributed by atoms with E-state index in [1.165, 1.54) is 16.7 Å². The number of fused-ring (bicyclic) bond motifs is 1. The number of nitrogens with zero attached hydrogens (tertiary/aromatic N) is 5. The number of carbonyl (C=O) groups excluding carboxylic acids is 2. The predicted octanol–water partition coefficient (Wildman–Crippen LogP) is -0.222. The first-order chi connectivity index (χ1) is 18.4. The number of carbonyl (C=O) groups is 3. The Bertz CT molecular complexity index is 1360. The number of anilines is 1. The number of aliphatic carboxylic acids is 1. The van der Waals surface area contributed by atoms with Crippen LogP contribution in [0.25, 0.3) is 0 Å². The lowest BCUT2D eigenvalue weighted by Crippen LogP contribution is -2.71. The number of oxime groups is 1. The molecule has 5 N–H and O–H groups in total. The van der Waals surface area contributed by atoms with E-state index in [1.807, 2.05) is 12.2 Å². The molecule has 5 rings (SSSR count). The summed E-state index contributed by atoms with van der Waals surface area (Å²) in [5, 5.41) is 25.3. The summed E-state index contributed by atoms with van der Waals surface area (Å²) in [6.45, 7) is 0.160. The number of nitrogens with two attached hydrogens (primary N) is 1. The van der Waals surface area contributed by atoms with Gasteiger partial charge in [-0.3, -0.25) is 14.5 Å². The molecule has 2 aromatic heterocycles. The van der Waals surface area contributed by atoms with Crippen molar-refractivity contribution >= 4 is 51.9 Å². The lowest BCUT2D eigenvalue weighted by atomic mass is 10.0. The molecular formula is C23H24N7O6S2+. The number of rotatable bonds is 9. The number of aliphatic hydroxyl groups excluding tert-OH is 1. The topological polar surface area (TPSA) is 184 Å².